The Hall–Kier alpha value is -1.33. The normalized spacial score (nSPS) is 17.8. The second-order valence-electron chi connectivity index (χ2n) is 3.59. The summed E-state index contributed by atoms with van der Waals surface area (Å²) in [5.41, 5.74) is 2.50. The smallest absolute Gasteiger partial charge is 0.190 e. The summed E-state index contributed by atoms with van der Waals surface area (Å²) < 4.78 is 3.78. The van der Waals surface area contributed by atoms with E-state index in [2.05, 4.69) is 9.59 Å². The number of Topliss-reactive ketones (excluding diaryl/α,β-unsaturated/α-hetero) is 1. The number of carbonyl (C=O) groups is 1. The summed E-state index contributed by atoms with van der Waals surface area (Å²) in [6.07, 6.45) is 3.62. The van der Waals surface area contributed by atoms with Crippen LogP contribution in [0, 0.1) is 0 Å². The van der Waals surface area contributed by atoms with E-state index in [0.29, 0.717) is 0 Å². The molecule has 0 radical (unpaired) electrons. The van der Waals surface area contributed by atoms with Crippen LogP contribution in [-0.4, -0.2) is 15.4 Å². The Kier molecular flexibility index (Phi) is 2.41. The highest BCUT2D eigenvalue weighted by molar-refractivity contribution is 7.10. The van der Waals surface area contributed by atoms with Gasteiger partial charge in [0.05, 0.1) is 5.69 Å². The molecule has 3 rings (SSSR count). The maximum absolute atomic E-state index is 12.1. The molecule has 0 saturated carbocycles. The highest BCUT2D eigenvalue weighted by Crippen LogP contribution is 2.29. The molecule has 0 N–H and O–H groups in total. The minimum atomic E-state index is 0.149. The van der Waals surface area contributed by atoms with Gasteiger partial charge in [-0.25, -0.2) is 0 Å². The maximum atomic E-state index is 12.1. The average molecular weight is 248 g/mol. The lowest BCUT2D eigenvalue weighted by molar-refractivity contribution is 0.102. The first-order valence-corrected chi connectivity index (χ1v) is 6.65. The van der Waals surface area contributed by atoms with Crippen molar-refractivity contribution in [3.8, 4) is 0 Å². The minimum Gasteiger partial charge on any atom is -0.289 e. The molecule has 5 heteroatoms. The van der Waals surface area contributed by atoms with Crippen molar-refractivity contribution in [2.75, 3.05) is 0 Å². The maximum Gasteiger partial charge on any atom is 0.190 e. The molecule has 2 heterocycles. The van der Waals surface area contributed by atoms with Crippen molar-refractivity contribution in [3.63, 3.8) is 0 Å². The van der Waals surface area contributed by atoms with Crippen molar-refractivity contribution in [2.45, 2.75) is 12.8 Å². The van der Waals surface area contributed by atoms with Gasteiger partial charge in [0, 0.05) is 21.4 Å². The topological polar surface area (TPSA) is 42.9 Å². The molecule has 0 amide bonds. The van der Waals surface area contributed by atoms with Gasteiger partial charge in [0.1, 0.15) is 0 Å². The third-order valence-corrected chi connectivity index (χ3v) is 4.11. The molecule has 1 aliphatic rings. The number of aryl methyl sites for hydroxylation is 1. The van der Waals surface area contributed by atoms with Gasteiger partial charge in [-0.2, -0.15) is 0 Å². The molecule has 0 spiro atoms. The monoisotopic (exact) mass is 248 g/mol. The summed E-state index contributed by atoms with van der Waals surface area (Å²) in [6.45, 7) is 0. The fourth-order valence-electron chi connectivity index (χ4n) is 1.82. The van der Waals surface area contributed by atoms with Crippen LogP contribution < -0.4 is 0 Å². The minimum absolute atomic E-state index is 0.149. The Bertz CT molecular complexity index is 554. The molecule has 0 fully saturated rings. The number of rotatable bonds is 1. The summed E-state index contributed by atoms with van der Waals surface area (Å²) in [4.78, 5) is 13.3. The average Bonchev–Trinajstić information content (AvgIpc) is 2.93. The number of fused-ring (bicyclic) bond motifs is 1. The number of hydrogen-bond donors (Lipinski definition) is 0. The quantitative estimate of drug-likeness (QED) is 0.729. The van der Waals surface area contributed by atoms with E-state index >= 15 is 0 Å². The van der Waals surface area contributed by atoms with E-state index in [0.717, 1.165) is 29.7 Å². The predicted octanol–water partition coefficient (Wildman–Crippen LogP) is 2.81. The van der Waals surface area contributed by atoms with Crippen molar-refractivity contribution in [2.24, 2.45) is 0 Å². The Balaban J connectivity index is 1.99. The molecule has 0 aromatic carbocycles. The van der Waals surface area contributed by atoms with Gasteiger partial charge < -0.3 is 0 Å². The van der Waals surface area contributed by atoms with E-state index in [1.54, 1.807) is 11.3 Å². The molecule has 16 heavy (non-hydrogen) atoms. The first kappa shape index (κ1) is 9.86. The fraction of sp³-hybridized carbons (Fsp3) is 0.182. The third-order valence-electron chi connectivity index (χ3n) is 2.60. The summed E-state index contributed by atoms with van der Waals surface area (Å²) in [6, 6.07) is 1.91. The Morgan fingerprint density at radius 2 is 2.31 bits per heavy atom. The van der Waals surface area contributed by atoms with Gasteiger partial charge in [-0.15, -0.1) is 16.4 Å². The Labute approximate surface area is 101 Å². The van der Waals surface area contributed by atoms with E-state index in [1.807, 2.05) is 22.9 Å². The van der Waals surface area contributed by atoms with E-state index in [-0.39, 0.29) is 5.78 Å². The van der Waals surface area contributed by atoms with Crippen LogP contribution >= 0.6 is 22.9 Å². The zero-order chi connectivity index (χ0) is 11.0. The van der Waals surface area contributed by atoms with Crippen molar-refractivity contribution in [1.82, 2.24) is 9.59 Å². The molecular formula is C11H8N2OS2. The van der Waals surface area contributed by atoms with Gasteiger partial charge in [0.2, 0.25) is 0 Å². The SMILES string of the molecule is O=C1/C(=C\c2csnn2)CCc2sccc21. The second kappa shape index (κ2) is 3.92. The van der Waals surface area contributed by atoms with Crippen molar-refractivity contribution < 1.29 is 4.79 Å². The number of aromatic nitrogens is 2. The van der Waals surface area contributed by atoms with E-state index < -0.39 is 0 Å². The molecule has 80 valence electrons. The molecule has 0 aliphatic heterocycles. The zero-order valence-electron chi connectivity index (χ0n) is 8.34. The summed E-state index contributed by atoms with van der Waals surface area (Å²) in [5, 5.41) is 7.76. The first-order chi connectivity index (χ1) is 7.84. The van der Waals surface area contributed by atoms with Gasteiger partial charge in [-0.3, -0.25) is 4.79 Å². The van der Waals surface area contributed by atoms with E-state index in [4.69, 9.17) is 0 Å². The standard InChI is InChI=1S/C11H8N2OS2/c14-11-7(5-8-6-16-13-12-8)1-2-10-9(11)3-4-15-10/h3-6H,1-2H2/b7-5-. The first-order valence-electron chi connectivity index (χ1n) is 4.93. The number of nitrogens with zero attached hydrogens (tertiary/aromatic N) is 2. The van der Waals surface area contributed by atoms with Gasteiger partial charge in [-0.05, 0) is 41.9 Å². The molecule has 3 nitrogen and oxygen atoms in total. The van der Waals surface area contributed by atoms with Crippen LogP contribution in [0.3, 0.4) is 0 Å². The van der Waals surface area contributed by atoms with Crippen LogP contribution in [0.5, 0.6) is 0 Å². The van der Waals surface area contributed by atoms with Crippen LogP contribution in [0.25, 0.3) is 6.08 Å². The lowest BCUT2D eigenvalue weighted by Gasteiger charge is -2.12. The molecule has 2 aromatic rings. The summed E-state index contributed by atoms with van der Waals surface area (Å²) >= 11 is 2.97. The highest BCUT2D eigenvalue weighted by Gasteiger charge is 2.22. The molecule has 0 atom stereocenters. The molecule has 0 bridgehead atoms. The number of hydrogen-bond acceptors (Lipinski definition) is 5. The van der Waals surface area contributed by atoms with Crippen molar-refractivity contribution in [3.05, 3.63) is 38.5 Å². The number of carbonyl (C=O) groups excluding carboxylic acids is 1. The van der Waals surface area contributed by atoms with Crippen LogP contribution in [0.4, 0.5) is 0 Å². The molecule has 0 saturated heterocycles. The molecule has 2 aromatic heterocycles. The third kappa shape index (κ3) is 1.62. The van der Waals surface area contributed by atoms with Crippen LogP contribution in [0.15, 0.2) is 22.4 Å². The predicted molar refractivity (Wildman–Crippen MR) is 64.9 cm³/mol. The zero-order valence-corrected chi connectivity index (χ0v) is 9.98. The Morgan fingerprint density at radius 3 is 3.12 bits per heavy atom. The summed E-state index contributed by atoms with van der Waals surface area (Å²) in [7, 11) is 0. The van der Waals surface area contributed by atoms with Crippen LogP contribution in [-0.2, 0) is 6.42 Å². The van der Waals surface area contributed by atoms with E-state index in [9.17, 15) is 4.79 Å². The fourth-order valence-corrected chi connectivity index (χ4v) is 3.11. The summed E-state index contributed by atoms with van der Waals surface area (Å²) in [5.74, 6) is 0.149. The number of allylic oxidation sites excluding steroid dienone is 1. The van der Waals surface area contributed by atoms with Crippen LogP contribution in [0.1, 0.15) is 27.3 Å². The van der Waals surface area contributed by atoms with Gasteiger partial charge in [-0.1, -0.05) is 4.49 Å². The van der Waals surface area contributed by atoms with Gasteiger partial charge in [0.15, 0.2) is 5.78 Å². The Morgan fingerprint density at radius 1 is 1.38 bits per heavy atom. The van der Waals surface area contributed by atoms with Gasteiger partial charge >= 0.3 is 0 Å². The van der Waals surface area contributed by atoms with Gasteiger partial charge in [0.25, 0.3) is 0 Å². The molecule has 0 unspecified atom stereocenters. The highest BCUT2D eigenvalue weighted by atomic mass is 32.1. The molecule has 1 aliphatic carbocycles. The number of ketones is 1. The van der Waals surface area contributed by atoms with Crippen molar-refractivity contribution >= 4 is 34.7 Å². The lowest BCUT2D eigenvalue weighted by Crippen LogP contribution is -2.11. The number of thiophene rings is 1. The van der Waals surface area contributed by atoms with E-state index in [1.165, 1.54) is 16.4 Å². The van der Waals surface area contributed by atoms with Crippen LogP contribution in [0.2, 0.25) is 0 Å². The van der Waals surface area contributed by atoms with Crippen molar-refractivity contribution in [1.29, 1.82) is 0 Å². The molecular weight excluding hydrogens is 240 g/mol. The lowest BCUT2D eigenvalue weighted by atomic mass is 9.92. The largest absolute Gasteiger partial charge is 0.289 e. The second-order valence-corrected chi connectivity index (χ2v) is 5.20.